The van der Waals surface area contributed by atoms with Crippen LogP contribution in [0.4, 0.5) is 5.69 Å². The topological polar surface area (TPSA) is 147 Å². The average Bonchev–Trinajstić information content (AvgIpc) is 3.44. The zero-order chi connectivity index (χ0) is 21.6. The van der Waals surface area contributed by atoms with Crippen molar-refractivity contribution in [2.75, 3.05) is 11.3 Å². The molecule has 12 heteroatoms. The van der Waals surface area contributed by atoms with Crippen LogP contribution < -0.4 is 20.9 Å². The number of anilines is 1. The summed E-state index contributed by atoms with van der Waals surface area (Å²) >= 11 is 1.04. The molecule has 2 heterocycles. The van der Waals surface area contributed by atoms with Gasteiger partial charge >= 0.3 is 0 Å². The van der Waals surface area contributed by atoms with Crippen LogP contribution in [0.2, 0.25) is 0 Å². The van der Waals surface area contributed by atoms with Gasteiger partial charge in [0.25, 0.3) is 27.7 Å². The molecule has 0 atom stereocenters. The molecule has 1 aromatic carbocycles. The highest BCUT2D eigenvalue weighted by molar-refractivity contribution is 7.94. The van der Waals surface area contributed by atoms with E-state index in [9.17, 15) is 22.8 Å². The maximum atomic E-state index is 12.4. The molecule has 3 aromatic rings. The number of nitrogens with one attached hydrogen (secondary N) is 4. The van der Waals surface area contributed by atoms with Crippen molar-refractivity contribution in [3.63, 3.8) is 0 Å². The number of thiophene rings is 1. The van der Waals surface area contributed by atoms with E-state index in [1.165, 1.54) is 36.6 Å². The molecule has 0 spiro atoms. The molecule has 0 bridgehead atoms. The Balaban J connectivity index is 1.58. The summed E-state index contributed by atoms with van der Waals surface area (Å²) < 4.78 is 32.1. The number of hydrogen-bond acceptors (Lipinski definition) is 7. The van der Waals surface area contributed by atoms with Crippen LogP contribution in [-0.2, 0) is 14.8 Å². The normalized spacial score (nSPS) is 10.8. The number of amides is 3. The molecule has 10 nitrogen and oxygen atoms in total. The van der Waals surface area contributed by atoms with E-state index in [0.29, 0.717) is 0 Å². The number of carbonyl (C=O) groups is 3. The summed E-state index contributed by atoms with van der Waals surface area (Å²) in [6.45, 7) is -0.410. The van der Waals surface area contributed by atoms with E-state index < -0.39 is 34.3 Å². The van der Waals surface area contributed by atoms with Crippen LogP contribution in [0.15, 0.2) is 68.8 Å². The first-order valence-corrected chi connectivity index (χ1v) is 10.8. The van der Waals surface area contributed by atoms with Crippen LogP contribution in [0.1, 0.15) is 20.9 Å². The molecular weight excluding hydrogens is 432 g/mol. The standard InChI is InChI=1S/C18H16N4O6S2/c23-15(11-19-18(25)14-7-3-9-28-14)20-21-17(24)12-5-1-2-6-13(12)22-30(26,27)16-8-4-10-29-16/h1-10,22H,11H2,(H,19,25)(H,20,23)(H,21,24). The molecule has 156 valence electrons. The van der Waals surface area contributed by atoms with Crippen LogP contribution in [0.5, 0.6) is 0 Å². The highest BCUT2D eigenvalue weighted by atomic mass is 32.2. The van der Waals surface area contributed by atoms with Crippen molar-refractivity contribution in [3.05, 3.63) is 71.5 Å². The molecule has 0 radical (unpaired) electrons. The Labute approximate surface area is 175 Å². The summed E-state index contributed by atoms with van der Waals surface area (Å²) in [6, 6.07) is 11.9. The van der Waals surface area contributed by atoms with E-state index in [-0.39, 0.29) is 21.2 Å². The van der Waals surface area contributed by atoms with Gasteiger partial charge in [0.15, 0.2) is 5.76 Å². The third-order valence-corrected chi connectivity index (χ3v) is 6.41. The second kappa shape index (κ2) is 9.24. The van der Waals surface area contributed by atoms with Gasteiger partial charge < -0.3 is 9.73 Å². The Bertz CT molecular complexity index is 1140. The first-order valence-electron chi connectivity index (χ1n) is 8.43. The number of furan rings is 1. The second-order valence-electron chi connectivity index (χ2n) is 5.75. The lowest BCUT2D eigenvalue weighted by Gasteiger charge is -2.12. The molecule has 0 fully saturated rings. The SMILES string of the molecule is O=C(CNC(=O)c1ccco1)NNC(=O)c1ccccc1NS(=O)(=O)c1cccs1. The molecule has 0 saturated carbocycles. The second-order valence-corrected chi connectivity index (χ2v) is 8.60. The summed E-state index contributed by atoms with van der Waals surface area (Å²) in [5.41, 5.74) is 4.36. The van der Waals surface area contributed by atoms with Crippen molar-refractivity contribution in [1.29, 1.82) is 0 Å². The number of hydrogen-bond donors (Lipinski definition) is 4. The quantitative estimate of drug-likeness (QED) is 0.401. The Hall–Kier alpha value is -3.64. The fourth-order valence-electron chi connectivity index (χ4n) is 2.28. The van der Waals surface area contributed by atoms with Crippen molar-refractivity contribution in [3.8, 4) is 0 Å². The van der Waals surface area contributed by atoms with E-state index in [4.69, 9.17) is 4.42 Å². The van der Waals surface area contributed by atoms with Crippen molar-refractivity contribution in [1.82, 2.24) is 16.2 Å². The molecule has 0 unspecified atom stereocenters. The van der Waals surface area contributed by atoms with Crippen molar-refractivity contribution in [2.24, 2.45) is 0 Å². The van der Waals surface area contributed by atoms with Gasteiger partial charge in [0.1, 0.15) is 4.21 Å². The Morgan fingerprint density at radius 1 is 0.933 bits per heavy atom. The maximum absolute atomic E-state index is 12.4. The minimum atomic E-state index is -3.85. The Morgan fingerprint density at radius 2 is 1.73 bits per heavy atom. The van der Waals surface area contributed by atoms with E-state index >= 15 is 0 Å². The number of rotatable bonds is 7. The minimum absolute atomic E-state index is 0.00227. The zero-order valence-corrected chi connectivity index (χ0v) is 16.9. The molecule has 0 aliphatic heterocycles. The van der Waals surface area contributed by atoms with Crippen LogP contribution in [0.25, 0.3) is 0 Å². The van der Waals surface area contributed by atoms with Gasteiger partial charge in [-0.3, -0.25) is 30.0 Å². The summed E-state index contributed by atoms with van der Waals surface area (Å²) in [4.78, 5) is 36.0. The van der Waals surface area contributed by atoms with Gasteiger partial charge in [0.2, 0.25) is 0 Å². The number of sulfonamides is 1. The molecule has 2 aromatic heterocycles. The van der Waals surface area contributed by atoms with Crippen LogP contribution in [0, 0.1) is 0 Å². The minimum Gasteiger partial charge on any atom is -0.459 e. The van der Waals surface area contributed by atoms with Gasteiger partial charge in [0, 0.05) is 0 Å². The van der Waals surface area contributed by atoms with Gasteiger partial charge in [-0.25, -0.2) is 8.42 Å². The van der Waals surface area contributed by atoms with Gasteiger partial charge in [-0.15, -0.1) is 11.3 Å². The highest BCUT2D eigenvalue weighted by Crippen LogP contribution is 2.22. The first-order chi connectivity index (χ1) is 14.4. The highest BCUT2D eigenvalue weighted by Gasteiger charge is 2.19. The van der Waals surface area contributed by atoms with E-state index in [2.05, 4.69) is 20.9 Å². The monoisotopic (exact) mass is 448 g/mol. The lowest BCUT2D eigenvalue weighted by Crippen LogP contribution is -2.46. The molecule has 3 amide bonds. The van der Waals surface area contributed by atoms with E-state index in [1.807, 2.05) is 0 Å². The molecule has 0 saturated heterocycles. The first kappa shape index (κ1) is 21.1. The van der Waals surface area contributed by atoms with E-state index in [0.717, 1.165) is 11.3 Å². The largest absolute Gasteiger partial charge is 0.459 e. The number of para-hydroxylation sites is 1. The van der Waals surface area contributed by atoms with Crippen LogP contribution >= 0.6 is 11.3 Å². The van der Waals surface area contributed by atoms with Crippen molar-refractivity contribution < 1.29 is 27.2 Å². The Morgan fingerprint density at radius 3 is 2.43 bits per heavy atom. The molecule has 0 aliphatic carbocycles. The summed E-state index contributed by atoms with van der Waals surface area (Å²) in [5, 5.41) is 3.94. The molecule has 30 heavy (non-hydrogen) atoms. The van der Waals surface area contributed by atoms with Gasteiger partial charge in [-0.05, 0) is 35.7 Å². The third kappa shape index (κ3) is 5.24. The molecule has 3 rings (SSSR count). The van der Waals surface area contributed by atoms with Crippen LogP contribution in [0.3, 0.4) is 0 Å². The number of benzene rings is 1. The predicted molar refractivity (Wildman–Crippen MR) is 108 cm³/mol. The summed E-state index contributed by atoms with van der Waals surface area (Å²) in [7, 11) is -3.85. The Kier molecular flexibility index (Phi) is 6.49. The molecule has 0 aliphatic rings. The van der Waals surface area contributed by atoms with Gasteiger partial charge in [-0.2, -0.15) is 0 Å². The summed E-state index contributed by atoms with van der Waals surface area (Å²) in [6.07, 6.45) is 1.32. The summed E-state index contributed by atoms with van der Waals surface area (Å²) in [5.74, 6) is -1.99. The smallest absolute Gasteiger partial charge is 0.287 e. The zero-order valence-electron chi connectivity index (χ0n) is 15.2. The predicted octanol–water partition coefficient (Wildman–Crippen LogP) is 1.33. The van der Waals surface area contributed by atoms with Crippen LogP contribution in [-0.4, -0.2) is 32.7 Å². The fraction of sp³-hybridized carbons (Fsp3) is 0.0556. The number of carbonyl (C=O) groups excluding carboxylic acids is 3. The van der Waals surface area contributed by atoms with Gasteiger partial charge in [0.05, 0.1) is 24.1 Å². The van der Waals surface area contributed by atoms with Gasteiger partial charge in [-0.1, -0.05) is 18.2 Å². The lowest BCUT2D eigenvalue weighted by molar-refractivity contribution is -0.120. The fourth-order valence-corrected chi connectivity index (χ4v) is 4.35. The molecular formula is C18H16N4O6S2. The average molecular weight is 448 g/mol. The van der Waals surface area contributed by atoms with Crippen molar-refractivity contribution >= 4 is 44.8 Å². The third-order valence-electron chi connectivity index (χ3n) is 3.65. The van der Waals surface area contributed by atoms with E-state index in [1.54, 1.807) is 23.6 Å². The van der Waals surface area contributed by atoms with Crippen molar-refractivity contribution in [2.45, 2.75) is 4.21 Å². The molecule has 4 N–H and O–H groups in total. The lowest BCUT2D eigenvalue weighted by atomic mass is 10.2. The number of hydrazine groups is 1. The maximum Gasteiger partial charge on any atom is 0.287 e.